The number of benzene rings is 1. The highest BCUT2D eigenvalue weighted by Gasteiger charge is 2.20. The quantitative estimate of drug-likeness (QED) is 0.571. The molecule has 104 valence electrons. The third-order valence-electron chi connectivity index (χ3n) is 2.66. The zero-order valence-electron chi connectivity index (χ0n) is 10.7. The van der Waals surface area contributed by atoms with Gasteiger partial charge in [0.05, 0.1) is 18.9 Å². The van der Waals surface area contributed by atoms with Crippen LogP contribution in [0.5, 0.6) is 0 Å². The van der Waals surface area contributed by atoms with E-state index in [2.05, 4.69) is 0 Å². The van der Waals surface area contributed by atoms with Crippen LogP contribution in [0.4, 0.5) is 4.39 Å². The highest BCUT2D eigenvalue weighted by Crippen LogP contribution is 2.25. The van der Waals surface area contributed by atoms with Crippen molar-refractivity contribution in [1.82, 2.24) is 0 Å². The Bertz CT molecular complexity index is 448. The normalized spacial score (nSPS) is 11.9. The molecule has 5 heteroatoms. The number of esters is 1. The number of alkyl halides is 1. The molecule has 0 N–H and O–H groups in total. The van der Waals surface area contributed by atoms with E-state index in [1.165, 1.54) is 12.1 Å². The lowest BCUT2D eigenvalue weighted by molar-refractivity contribution is -0.143. The molecule has 0 bridgehead atoms. The van der Waals surface area contributed by atoms with E-state index < -0.39 is 17.7 Å². The summed E-state index contributed by atoms with van der Waals surface area (Å²) in [5.41, 5.74) is 0.603. The van der Waals surface area contributed by atoms with Gasteiger partial charge in [-0.2, -0.15) is 0 Å². The Labute approximate surface area is 116 Å². The fourth-order valence-corrected chi connectivity index (χ4v) is 1.93. The summed E-state index contributed by atoms with van der Waals surface area (Å²) in [6, 6.07) is 5.88. The predicted molar refractivity (Wildman–Crippen MR) is 70.7 cm³/mol. The Kier molecular flexibility index (Phi) is 6.50. The predicted octanol–water partition coefficient (Wildman–Crippen LogP) is 3.06. The molecule has 0 saturated heterocycles. The molecule has 0 heterocycles. The number of Topliss-reactive ketones (excluding diaryl/α,β-unsaturated/α-hetero) is 1. The summed E-state index contributed by atoms with van der Waals surface area (Å²) in [6.07, 6.45) is 0.145. The van der Waals surface area contributed by atoms with E-state index in [0.29, 0.717) is 5.56 Å². The number of rotatable bonds is 7. The second-order valence-corrected chi connectivity index (χ2v) is 4.40. The molecule has 1 rings (SSSR count). The second-order valence-electron chi connectivity index (χ2n) is 4.14. The Hall–Kier alpha value is -1.42. The van der Waals surface area contributed by atoms with Gasteiger partial charge in [0.25, 0.3) is 0 Å². The Morgan fingerprint density at radius 1 is 1.37 bits per heavy atom. The first-order valence-corrected chi connectivity index (χ1v) is 6.59. The third-order valence-corrected chi connectivity index (χ3v) is 2.96. The average molecular weight is 287 g/mol. The number of hydrogen-bond donors (Lipinski definition) is 0. The molecule has 0 saturated carbocycles. The van der Waals surface area contributed by atoms with Crippen LogP contribution in [0.15, 0.2) is 24.3 Å². The lowest BCUT2D eigenvalue weighted by Crippen LogP contribution is -2.14. The van der Waals surface area contributed by atoms with Gasteiger partial charge >= 0.3 is 5.97 Å². The zero-order valence-corrected chi connectivity index (χ0v) is 11.5. The van der Waals surface area contributed by atoms with E-state index in [4.69, 9.17) is 16.3 Å². The maximum Gasteiger partial charge on any atom is 0.306 e. The molecule has 0 aliphatic carbocycles. The standard InChI is InChI=1S/C14H16ClFO3/c1-2-19-14(18)8-11(7-13(17)9-15)10-4-3-5-12(16)6-10/h3-6,11H,2,7-9H2,1H3. The first-order chi connectivity index (χ1) is 9.06. The minimum atomic E-state index is -0.404. The third kappa shape index (κ3) is 5.39. The van der Waals surface area contributed by atoms with Crippen molar-refractivity contribution in [3.63, 3.8) is 0 Å². The summed E-state index contributed by atoms with van der Waals surface area (Å²) in [6.45, 7) is 1.98. The molecule has 0 aliphatic heterocycles. The lowest BCUT2D eigenvalue weighted by atomic mass is 9.91. The van der Waals surface area contributed by atoms with Crippen LogP contribution in [0.25, 0.3) is 0 Å². The minimum Gasteiger partial charge on any atom is -0.466 e. The van der Waals surface area contributed by atoms with Crippen molar-refractivity contribution in [2.24, 2.45) is 0 Å². The van der Waals surface area contributed by atoms with Crippen molar-refractivity contribution in [2.75, 3.05) is 12.5 Å². The van der Waals surface area contributed by atoms with Crippen LogP contribution < -0.4 is 0 Å². The zero-order chi connectivity index (χ0) is 14.3. The highest BCUT2D eigenvalue weighted by atomic mass is 35.5. The molecular weight excluding hydrogens is 271 g/mol. The van der Waals surface area contributed by atoms with E-state index in [9.17, 15) is 14.0 Å². The molecule has 1 aromatic rings. The van der Waals surface area contributed by atoms with Gasteiger partial charge < -0.3 is 4.74 Å². The Balaban J connectivity index is 2.85. The maximum absolute atomic E-state index is 13.2. The molecule has 3 nitrogen and oxygen atoms in total. The van der Waals surface area contributed by atoms with Crippen LogP contribution in [0.2, 0.25) is 0 Å². The second kappa shape index (κ2) is 7.89. The summed E-state index contributed by atoms with van der Waals surface area (Å²) in [7, 11) is 0. The molecule has 19 heavy (non-hydrogen) atoms. The van der Waals surface area contributed by atoms with Crippen molar-refractivity contribution in [3.05, 3.63) is 35.6 Å². The van der Waals surface area contributed by atoms with Gasteiger partial charge in [-0.05, 0) is 24.6 Å². The van der Waals surface area contributed by atoms with E-state index in [1.807, 2.05) is 0 Å². The van der Waals surface area contributed by atoms with Crippen LogP contribution in [0, 0.1) is 5.82 Å². The molecular formula is C14H16ClFO3. The molecule has 0 fully saturated rings. The molecule has 1 unspecified atom stereocenters. The monoisotopic (exact) mass is 286 g/mol. The van der Waals surface area contributed by atoms with Crippen molar-refractivity contribution in [3.8, 4) is 0 Å². The fraction of sp³-hybridized carbons (Fsp3) is 0.429. The number of carbonyl (C=O) groups is 2. The maximum atomic E-state index is 13.2. The van der Waals surface area contributed by atoms with Gasteiger partial charge in [-0.3, -0.25) is 9.59 Å². The highest BCUT2D eigenvalue weighted by molar-refractivity contribution is 6.27. The summed E-state index contributed by atoms with van der Waals surface area (Å²) in [5, 5.41) is 0. The molecule has 0 radical (unpaired) electrons. The van der Waals surface area contributed by atoms with Crippen LogP contribution in [-0.4, -0.2) is 24.2 Å². The lowest BCUT2D eigenvalue weighted by Gasteiger charge is -2.15. The van der Waals surface area contributed by atoms with Gasteiger partial charge in [0.1, 0.15) is 11.6 Å². The average Bonchev–Trinajstić information content (AvgIpc) is 2.38. The Morgan fingerprint density at radius 2 is 2.11 bits per heavy atom. The van der Waals surface area contributed by atoms with Crippen molar-refractivity contribution in [1.29, 1.82) is 0 Å². The summed E-state index contributed by atoms with van der Waals surface area (Å²) >= 11 is 5.47. The van der Waals surface area contributed by atoms with Gasteiger partial charge in [0.15, 0.2) is 0 Å². The molecule has 0 spiro atoms. The van der Waals surface area contributed by atoms with Crippen molar-refractivity contribution in [2.45, 2.75) is 25.7 Å². The van der Waals surface area contributed by atoms with Gasteiger partial charge in [-0.25, -0.2) is 4.39 Å². The molecule has 1 aromatic carbocycles. The van der Waals surface area contributed by atoms with Crippen molar-refractivity contribution < 1.29 is 18.7 Å². The van der Waals surface area contributed by atoms with Gasteiger partial charge in [0.2, 0.25) is 0 Å². The largest absolute Gasteiger partial charge is 0.466 e. The van der Waals surface area contributed by atoms with Crippen LogP contribution in [-0.2, 0) is 14.3 Å². The Morgan fingerprint density at radius 3 is 2.68 bits per heavy atom. The smallest absolute Gasteiger partial charge is 0.306 e. The minimum absolute atomic E-state index is 0.0416. The SMILES string of the molecule is CCOC(=O)CC(CC(=O)CCl)c1cccc(F)c1. The molecule has 0 aliphatic rings. The van der Waals surface area contributed by atoms with Gasteiger partial charge in [-0.1, -0.05) is 12.1 Å². The first-order valence-electron chi connectivity index (χ1n) is 6.05. The number of ether oxygens (including phenoxy) is 1. The van der Waals surface area contributed by atoms with E-state index in [1.54, 1.807) is 19.1 Å². The van der Waals surface area contributed by atoms with E-state index >= 15 is 0 Å². The topological polar surface area (TPSA) is 43.4 Å². The fourth-order valence-electron chi connectivity index (χ4n) is 1.82. The van der Waals surface area contributed by atoms with Crippen LogP contribution in [0.3, 0.4) is 0 Å². The molecule has 0 amide bonds. The van der Waals surface area contributed by atoms with Crippen molar-refractivity contribution >= 4 is 23.4 Å². The van der Waals surface area contributed by atoms with Crippen LogP contribution in [0.1, 0.15) is 31.2 Å². The van der Waals surface area contributed by atoms with Gasteiger partial charge in [0, 0.05) is 12.3 Å². The summed E-state index contributed by atoms with van der Waals surface area (Å²) in [5.74, 6) is -1.50. The number of hydrogen-bond acceptors (Lipinski definition) is 3. The van der Waals surface area contributed by atoms with E-state index in [0.717, 1.165) is 0 Å². The molecule has 0 aromatic heterocycles. The van der Waals surface area contributed by atoms with Gasteiger partial charge in [-0.15, -0.1) is 11.6 Å². The summed E-state index contributed by atoms with van der Waals surface area (Å²) in [4.78, 5) is 23.0. The number of ketones is 1. The van der Waals surface area contributed by atoms with Crippen LogP contribution >= 0.6 is 11.6 Å². The van der Waals surface area contributed by atoms with E-state index in [-0.39, 0.29) is 31.1 Å². The number of carbonyl (C=O) groups excluding carboxylic acids is 2. The number of halogens is 2. The first kappa shape index (κ1) is 15.6. The summed E-state index contributed by atoms with van der Waals surface area (Å²) < 4.78 is 18.1. The molecule has 1 atom stereocenters.